The molecule has 0 fully saturated rings. The van der Waals surface area contributed by atoms with Crippen molar-refractivity contribution in [2.24, 2.45) is 5.41 Å². The van der Waals surface area contributed by atoms with Gasteiger partial charge in [0.05, 0.1) is 12.6 Å². The molecule has 6 heteroatoms. The Morgan fingerprint density at radius 2 is 1.68 bits per heavy atom. The van der Waals surface area contributed by atoms with Crippen molar-refractivity contribution in [1.29, 1.82) is 0 Å². The van der Waals surface area contributed by atoms with E-state index in [-0.39, 0.29) is 42.2 Å². The van der Waals surface area contributed by atoms with Crippen LogP contribution in [-0.4, -0.2) is 43.0 Å². The first-order valence-electron chi connectivity index (χ1n) is 9.15. The smallest absolute Gasteiger partial charge is 0.254 e. The average Bonchev–Trinajstić information content (AvgIpc) is 2.65. The summed E-state index contributed by atoms with van der Waals surface area (Å²) in [4.78, 5) is 26.2. The molecular formula is C22H27FN2O3. The second-order valence-corrected chi connectivity index (χ2v) is 7.75. The second-order valence-electron chi connectivity index (χ2n) is 7.75. The summed E-state index contributed by atoms with van der Waals surface area (Å²) in [5, 5.41) is 2.90. The Hall–Kier alpha value is -2.89. The standard InChI is InChI=1S/C22H27FN2O3/c1-22(2,3)19(15-28-18-13-9-8-12-17(18)23)24-20(26)14-25(4)21(27)16-10-6-5-7-11-16/h5-13,19H,14-15H2,1-4H3,(H,24,26). The highest BCUT2D eigenvalue weighted by Gasteiger charge is 2.28. The Kier molecular flexibility index (Phi) is 7.15. The molecule has 2 rings (SSSR count). The molecule has 0 aliphatic rings. The van der Waals surface area contributed by atoms with Gasteiger partial charge in [0.1, 0.15) is 6.61 Å². The zero-order valence-corrected chi connectivity index (χ0v) is 16.7. The van der Waals surface area contributed by atoms with Crippen molar-refractivity contribution in [2.45, 2.75) is 26.8 Å². The quantitative estimate of drug-likeness (QED) is 0.792. The lowest BCUT2D eigenvalue weighted by Gasteiger charge is -2.32. The van der Waals surface area contributed by atoms with E-state index in [2.05, 4.69) is 5.32 Å². The van der Waals surface area contributed by atoms with Gasteiger partial charge < -0.3 is 15.0 Å². The van der Waals surface area contributed by atoms with E-state index >= 15 is 0 Å². The number of carbonyl (C=O) groups is 2. The monoisotopic (exact) mass is 386 g/mol. The number of ether oxygens (including phenoxy) is 1. The van der Waals surface area contributed by atoms with Crippen LogP contribution in [0.5, 0.6) is 5.75 Å². The van der Waals surface area contributed by atoms with Crippen LogP contribution in [0.1, 0.15) is 31.1 Å². The molecule has 150 valence electrons. The number of amides is 2. The predicted molar refractivity (Wildman–Crippen MR) is 107 cm³/mol. The van der Waals surface area contributed by atoms with Crippen LogP contribution in [-0.2, 0) is 4.79 Å². The molecule has 2 amide bonds. The van der Waals surface area contributed by atoms with Crippen molar-refractivity contribution in [2.75, 3.05) is 20.2 Å². The lowest BCUT2D eigenvalue weighted by Crippen LogP contribution is -2.50. The molecule has 0 aliphatic carbocycles. The summed E-state index contributed by atoms with van der Waals surface area (Å²) in [5.74, 6) is -0.841. The molecule has 0 saturated heterocycles. The summed E-state index contributed by atoms with van der Waals surface area (Å²) in [6.07, 6.45) is 0. The highest BCUT2D eigenvalue weighted by Crippen LogP contribution is 2.22. The van der Waals surface area contributed by atoms with Gasteiger partial charge in [0.15, 0.2) is 11.6 Å². The van der Waals surface area contributed by atoms with Crippen LogP contribution >= 0.6 is 0 Å². The van der Waals surface area contributed by atoms with Gasteiger partial charge in [0, 0.05) is 12.6 Å². The van der Waals surface area contributed by atoms with Gasteiger partial charge in [-0.2, -0.15) is 0 Å². The summed E-state index contributed by atoms with van der Waals surface area (Å²) in [7, 11) is 1.58. The molecular weight excluding hydrogens is 359 g/mol. The van der Waals surface area contributed by atoms with Gasteiger partial charge in [-0.1, -0.05) is 51.1 Å². The van der Waals surface area contributed by atoms with E-state index in [1.54, 1.807) is 49.5 Å². The maximum Gasteiger partial charge on any atom is 0.254 e. The molecule has 2 aromatic rings. The van der Waals surface area contributed by atoms with Crippen LogP contribution in [0.25, 0.3) is 0 Å². The van der Waals surface area contributed by atoms with Gasteiger partial charge in [-0.3, -0.25) is 9.59 Å². The molecule has 1 unspecified atom stereocenters. The number of hydrogen-bond acceptors (Lipinski definition) is 3. The summed E-state index contributed by atoms with van der Waals surface area (Å²) >= 11 is 0. The Labute approximate surface area is 165 Å². The van der Waals surface area contributed by atoms with Crippen LogP contribution in [0, 0.1) is 11.2 Å². The molecule has 1 N–H and O–H groups in total. The first-order valence-corrected chi connectivity index (χ1v) is 9.15. The fraction of sp³-hybridized carbons (Fsp3) is 0.364. The molecule has 0 heterocycles. The molecule has 0 saturated carbocycles. The SMILES string of the molecule is CN(CC(=O)NC(COc1ccccc1F)C(C)(C)C)C(=O)c1ccccc1. The molecule has 0 aromatic heterocycles. The van der Waals surface area contributed by atoms with Crippen LogP contribution in [0.4, 0.5) is 4.39 Å². The van der Waals surface area contributed by atoms with E-state index in [1.165, 1.54) is 11.0 Å². The van der Waals surface area contributed by atoms with E-state index < -0.39 is 5.82 Å². The highest BCUT2D eigenvalue weighted by molar-refractivity contribution is 5.96. The molecule has 0 radical (unpaired) electrons. The van der Waals surface area contributed by atoms with Crippen molar-refractivity contribution in [3.05, 3.63) is 66.0 Å². The molecule has 1 atom stereocenters. The Balaban J connectivity index is 1.97. The molecule has 0 spiro atoms. The Morgan fingerprint density at radius 3 is 2.29 bits per heavy atom. The van der Waals surface area contributed by atoms with E-state index in [1.807, 2.05) is 26.8 Å². The normalized spacial score (nSPS) is 12.2. The summed E-state index contributed by atoms with van der Waals surface area (Å²) in [5.41, 5.74) is 0.205. The van der Waals surface area contributed by atoms with Crippen molar-refractivity contribution in [3.63, 3.8) is 0 Å². The van der Waals surface area contributed by atoms with Crippen molar-refractivity contribution < 1.29 is 18.7 Å². The fourth-order valence-electron chi connectivity index (χ4n) is 2.57. The fourth-order valence-corrected chi connectivity index (χ4v) is 2.57. The number of hydrogen-bond donors (Lipinski definition) is 1. The minimum atomic E-state index is -0.449. The number of nitrogens with zero attached hydrogens (tertiary/aromatic N) is 1. The predicted octanol–water partition coefficient (Wildman–Crippen LogP) is 3.51. The summed E-state index contributed by atoms with van der Waals surface area (Å²) < 4.78 is 19.3. The van der Waals surface area contributed by atoms with Gasteiger partial charge in [-0.25, -0.2) is 4.39 Å². The third kappa shape index (κ3) is 6.08. The topological polar surface area (TPSA) is 58.6 Å². The van der Waals surface area contributed by atoms with Gasteiger partial charge in [0.2, 0.25) is 5.91 Å². The number of rotatable bonds is 7. The second kappa shape index (κ2) is 9.35. The van der Waals surface area contributed by atoms with Crippen molar-refractivity contribution in [3.8, 4) is 5.75 Å². The van der Waals surface area contributed by atoms with Gasteiger partial charge in [-0.05, 0) is 29.7 Å². The van der Waals surface area contributed by atoms with E-state index in [0.29, 0.717) is 5.56 Å². The van der Waals surface area contributed by atoms with E-state index in [9.17, 15) is 14.0 Å². The number of nitrogens with one attached hydrogen (secondary N) is 1. The molecule has 2 aromatic carbocycles. The zero-order chi connectivity index (χ0) is 20.7. The number of carbonyl (C=O) groups excluding carboxylic acids is 2. The maximum atomic E-state index is 13.8. The lowest BCUT2D eigenvalue weighted by molar-refractivity contribution is -0.123. The molecule has 0 bridgehead atoms. The van der Waals surface area contributed by atoms with E-state index in [4.69, 9.17) is 4.74 Å². The molecule has 5 nitrogen and oxygen atoms in total. The molecule has 28 heavy (non-hydrogen) atoms. The first-order chi connectivity index (χ1) is 13.2. The van der Waals surface area contributed by atoms with Crippen LogP contribution in [0.2, 0.25) is 0 Å². The Bertz CT molecular complexity index is 803. The average molecular weight is 386 g/mol. The summed E-state index contributed by atoms with van der Waals surface area (Å²) in [6.45, 7) is 5.91. The Morgan fingerprint density at radius 1 is 1.07 bits per heavy atom. The van der Waals surface area contributed by atoms with Gasteiger partial charge in [0.25, 0.3) is 5.91 Å². The number of halogens is 1. The summed E-state index contributed by atoms with van der Waals surface area (Å²) in [6, 6.07) is 14.6. The molecule has 0 aliphatic heterocycles. The lowest BCUT2D eigenvalue weighted by atomic mass is 9.87. The minimum Gasteiger partial charge on any atom is -0.488 e. The largest absolute Gasteiger partial charge is 0.488 e. The van der Waals surface area contributed by atoms with Gasteiger partial charge >= 0.3 is 0 Å². The third-order valence-electron chi connectivity index (χ3n) is 4.37. The van der Waals surface area contributed by atoms with Gasteiger partial charge in [-0.15, -0.1) is 0 Å². The van der Waals surface area contributed by atoms with Crippen molar-refractivity contribution >= 4 is 11.8 Å². The number of para-hydroxylation sites is 1. The number of likely N-dealkylation sites (N-methyl/N-ethyl adjacent to an activating group) is 1. The number of benzene rings is 2. The van der Waals surface area contributed by atoms with Crippen LogP contribution in [0.3, 0.4) is 0 Å². The van der Waals surface area contributed by atoms with Crippen molar-refractivity contribution in [1.82, 2.24) is 10.2 Å². The van der Waals surface area contributed by atoms with Crippen LogP contribution in [0.15, 0.2) is 54.6 Å². The first kappa shape index (κ1) is 21.4. The zero-order valence-electron chi connectivity index (χ0n) is 16.7. The van der Waals surface area contributed by atoms with Crippen LogP contribution < -0.4 is 10.1 Å². The maximum absolute atomic E-state index is 13.8. The van der Waals surface area contributed by atoms with E-state index in [0.717, 1.165) is 0 Å². The minimum absolute atomic E-state index is 0.0833. The highest BCUT2D eigenvalue weighted by atomic mass is 19.1. The third-order valence-corrected chi connectivity index (χ3v) is 4.37.